The molecule has 2 aromatic carbocycles. The minimum absolute atomic E-state index is 0.217. The molecule has 0 amide bonds. The molecule has 6 heteroatoms. The summed E-state index contributed by atoms with van der Waals surface area (Å²) in [4.78, 5) is 11.4. The summed E-state index contributed by atoms with van der Waals surface area (Å²) in [5.74, 6) is 0.402. The summed E-state index contributed by atoms with van der Waals surface area (Å²) in [6.45, 7) is 3.19. The van der Waals surface area contributed by atoms with Crippen molar-refractivity contribution in [3.8, 4) is 28.3 Å². The molecule has 3 heterocycles. The van der Waals surface area contributed by atoms with Crippen molar-refractivity contribution < 1.29 is 9.13 Å². The number of fused-ring (bicyclic) bond motifs is 2. The van der Waals surface area contributed by atoms with Gasteiger partial charge in [-0.2, -0.15) is 0 Å². The van der Waals surface area contributed by atoms with Crippen molar-refractivity contribution in [1.29, 1.82) is 0 Å². The quantitative estimate of drug-likeness (QED) is 0.465. The topological polar surface area (TPSA) is 38.2 Å². The van der Waals surface area contributed by atoms with Gasteiger partial charge in [-0.25, -0.2) is 14.4 Å². The minimum Gasteiger partial charge on any atom is -0.474 e. The third-order valence-electron chi connectivity index (χ3n) is 5.12. The van der Waals surface area contributed by atoms with Gasteiger partial charge in [-0.05, 0) is 54.4 Å². The van der Waals surface area contributed by atoms with Crippen LogP contribution in [0.1, 0.15) is 5.56 Å². The molecule has 0 radical (unpaired) electrons. The molecule has 0 spiro atoms. The van der Waals surface area contributed by atoms with E-state index < -0.39 is 0 Å². The van der Waals surface area contributed by atoms with E-state index in [4.69, 9.17) is 9.72 Å². The Morgan fingerprint density at radius 2 is 1.96 bits per heavy atom. The lowest BCUT2D eigenvalue weighted by molar-refractivity contribution is 0.299. The highest BCUT2D eigenvalue weighted by molar-refractivity contribution is 7.16. The van der Waals surface area contributed by atoms with E-state index >= 15 is 0 Å². The number of nitrogens with zero attached hydrogens (tertiary/aromatic N) is 3. The van der Waals surface area contributed by atoms with E-state index in [0.717, 1.165) is 44.8 Å². The Bertz CT molecular complexity index is 1200. The zero-order valence-electron chi connectivity index (χ0n) is 15.6. The van der Waals surface area contributed by atoms with Crippen LogP contribution in [-0.2, 0) is 0 Å². The first-order chi connectivity index (χ1) is 13.6. The number of thiazole rings is 1. The molecule has 0 bridgehead atoms. The van der Waals surface area contributed by atoms with Crippen LogP contribution in [0, 0.1) is 12.7 Å². The summed E-state index contributed by atoms with van der Waals surface area (Å²) >= 11 is 1.62. The van der Waals surface area contributed by atoms with Crippen LogP contribution >= 0.6 is 11.3 Å². The first kappa shape index (κ1) is 17.1. The van der Waals surface area contributed by atoms with Crippen LogP contribution in [0.5, 0.6) is 5.88 Å². The molecule has 0 saturated heterocycles. The van der Waals surface area contributed by atoms with Gasteiger partial charge in [-0.3, -0.25) is 0 Å². The molecule has 0 saturated carbocycles. The van der Waals surface area contributed by atoms with Crippen LogP contribution in [0.15, 0.2) is 48.0 Å². The molecule has 0 atom stereocenters. The van der Waals surface area contributed by atoms with E-state index in [1.54, 1.807) is 24.3 Å². The number of rotatable bonds is 2. The highest BCUT2D eigenvalue weighted by Crippen LogP contribution is 2.40. The average Bonchev–Trinajstić information content (AvgIpc) is 3.17. The molecule has 0 N–H and O–H groups in total. The molecule has 4 nitrogen and oxygen atoms in total. The fourth-order valence-corrected chi connectivity index (χ4v) is 4.24. The number of aromatic nitrogens is 2. The van der Waals surface area contributed by atoms with Gasteiger partial charge in [-0.15, -0.1) is 11.3 Å². The van der Waals surface area contributed by atoms with Crippen LogP contribution < -0.4 is 9.64 Å². The summed E-state index contributed by atoms with van der Waals surface area (Å²) in [5.41, 5.74) is 8.12. The fraction of sp³-hybridized carbons (Fsp3) is 0.182. The molecule has 5 rings (SSSR count). The number of benzene rings is 2. The number of anilines is 1. The third kappa shape index (κ3) is 2.81. The molecule has 4 aromatic rings. The summed E-state index contributed by atoms with van der Waals surface area (Å²) in [6.07, 6.45) is 0. The Kier molecular flexibility index (Phi) is 4.02. The van der Waals surface area contributed by atoms with E-state index in [0.29, 0.717) is 18.1 Å². The van der Waals surface area contributed by atoms with Crippen molar-refractivity contribution in [2.45, 2.75) is 6.92 Å². The number of pyridine rings is 1. The Morgan fingerprint density at radius 3 is 2.82 bits per heavy atom. The van der Waals surface area contributed by atoms with E-state index in [1.807, 2.05) is 24.7 Å². The molecule has 1 aliphatic heterocycles. The van der Waals surface area contributed by atoms with E-state index in [2.05, 4.69) is 28.1 Å². The Morgan fingerprint density at radius 1 is 1.11 bits per heavy atom. The maximum absolute atomic E-state index is 13.8. The Balaban J connectivity index is 1.77. The van der Waals surface area contributed by atoms with Crippen LogP contribution in [0.25, 0.3) is 32.6 Å². The lowest BCUT2D eigenvalue weighted by Gasteiger charge is -2.28. The van der Waals surface area contributed by atoms with Gasteiger partial charge in [0.05, 0.1) is 28.0 Å². The average molecular weight is 391 g/mol. The Labute approximate surface area is 166 Å². The lowest BCUT2D eigenvalue weighted by atomic mass is 9.97. The number of halogens is 1. The zero-order valence-corrected chi connectivity index (χ0v) is 16.4. The van der Waals surface area contributed by atoms with Gasteiger partial charge in [0.25, 0.3) is 0 Å². The van der Waals surface area contributed by atoms with Crippen molar-refractivity contribution in [2.24, 2.45) is 0 Å². The number of hydrogen-bond donors (Lipinski definition) is 0. The van der Waals surface area contributed by atoms with Gasteiger partial charge in [0, 0.05) is 18.2 Å². The predicted octanol–water partition coefficient (Wildman–Crippen LogP) is 5.30. The van der Waals surface area contributed by atoms with Crippen molar-refractivity contribution in [3.63, 3.8) is 0 Å². The van der Waals surface area contributed by atoms with Crippen molar-refractivity contribution in [2.75, 3.05) is 25.1 Å². The second kappa shape index (κ2) is 6.56. The maximum atomic E-state index is 13.8. The Hall–Kier alpha value is -2.99. The van der Waals surface area contributed by atoms with Crippen LogP contribution in [-0.4, -0.2) is 30.2 Å². The summed E-state index contributed by atoms with van der Waals surface area (Å²) < 4.78 is 20.8. The van der Waals surface area contributed by atoms with Gasteiger partial charge < -0.3 is 9.64 Å². The molecular weight excluding hydrogens is 373 g/mol. The van der Waals surface area contributed by atoms with Crippen molar-refractivity contribution in [1.82, 2.24) is 9.97 Å². The van der Waals surface area contributed by atoms with Gasteiger partial charge in [0.1, 0.15) is 18.1 Å². The van der Waals surface area contributed by atoms with Gasteiger partial charge >= 0.3 is 0 Å². The van der Waals surface area contributed by atoms with Gasteiger partial charge in [0.15, 0.2) is 0 Å². The summed E-state index contributed by atoms with van der Waals surface area (Å²) in [6, 6.07) is 13.5. The van der Waals surface area contributed by atoms with Crippen LogP contribution in [0.3, 0.4) is 0 Å². The number of hydrogen-bond acceptors (Lipinski definition) is 5. The number of likely N-dealkylation sites (N-methyl/N-ethyl adjacent to an activating group) is 1. The second-order valence-electron chi connectivity index (χ2n) is 6.98. The minimum atomic E-state index is -0.217. The first-order valence-corrected chi connectivity index (χ1v) is 9.97. The summed E-state index contributed by atoms with van der Waals surface area (Å²) in [5, 5.41) is 0. The molecule has 28 heavy (non-hydrogen) atoms. The van der Waals surface area contributed by atoms with Crippen LogP contribution in [0.4, 0.5) is 10.1 Å². The predicted molar refractivity (Wildman–Crippen MR) is 112 cm³/mol. The van der Waals surface area contributed by atoms with Crippen LogP contribution in [0.2, 0.25) is 0 Å². The van der Waals surface area contributed by atoms with Gasteiger partial charge in [0.2, 0.25) is 5.88 Å². The molecule has 0 fully saturated rings. The van der Waals surface area contributed by atoms with E-state index in [1.165, 1.54) is 6.07 Å². The normalized spacial score (nSPS) is 13.5. The lowest BCUT2D eigenvalue weighted by Crippen LogP contribution is -2.29. The number of ether oxygens (including phenoxy) is 1. The third-order valence-corrected chi connectivity index (χ3v) is 5.91. The number of aryl methyl sites for hydroxylation is 1. The van der Waals surface area contributed by atoms with E-state index in [9.17, 15) is 4.39 Å². The highest BCUT2D eigenvalue weighted by atomic mass is 32.1. The molecule has 0 aliphatic carbocycles. The molecule has 2 aromatic heterocycles. The van der Waals surface area contributed by atoms with E-state index in [-0.39, 0.29) is 5.82 Å². The largest absolute Gasteiger partial charge is 0.474 e. The summed E-state index contributed by atoms with van der Waals surface area (Å²) in [7, 11) is 2.04. The first-order valence-electron chi connectivity index (χ1n) is 9.09. The monoisotopic (exact) mass is 391 g/mol. The molecule has 140 valence electrons. The second-order valence-corrected chi connectivity index (χ2v) is 7.86. The fourth-order valence-electron chi connectivity index (χ4n) is 3.52. The maximum Gasteiger partial charge on any atom is 0.238 e. The van der Waals surface area contributed by atoms with Crippen molar-refractivity contribution in [3.05, 3.63) is 59.4 Å². The molecular formula is C22H18FN3OS. The smallest absolute Gasteiger partial charge is 0.238 e. The van der Waals surface area contributed by atoms with Crippen molar-refractivity contribution >= 4 is 27.2 Å². The molecule has 0 unspecified atom stereocenters. The molecule has 1 aliphatic rings. The van der Waals surface area contributed by atoms with Gasteiger partial charge in [-0.1, -0.05) is 6.07 Å². The standard InChI is InChI=1S/C22H18FN3OS/c1-13-9-15(3-5-17(13)23)21-16(11-19-22(25-21)27-8-7-26(19)2)14-4-6-18-20(10-14)28-12-24-18/h3-6,9-12H,7-8H2,1-2H3. The zero-order chi connectivity index (χ0) is 19.3. The highest BCUT2D eigenvalue weighted by Gasteiger charge is 2.22. The SMILES string of the molecule is Cc1cc(-c2nc3c(cc2-c2ccc4ncsc4c2)N(C)CCO3)ccc1F.